The Balaban J connectivity index is 2.07. The number of carbonyl (C=O) groups is 1. The molecular weight excluding hydrogens is 380 g/mol. The molecule has 0 bridgehead atoms. The van der Waals surface area contributed by atoms with E-state index in [1.807, 2.05) is 30.3 Å². The van der Waals surface area contributed by atoms with Gasteiger partial charge in [-0.1, -0.05) is 62.8 Å². The second kappa shape index (κ2) is 10.7. The molecule has 0 saturated heterocycles. The lowest BCUT2D eigenvalue weighted by Crippen LogP contribution is -2.48. The molecule has 0 N–H and O–H groups in total. The summed E-state index contributed by atoms with van der Waals surface area (Å²) >= 11 is 0. The minimum absolute atomic E-state index is 0.0861. The number of carbonyl (C=O) groups excluding carboxylic acids is 1. The van der Waals surface area contributed by atoms with Crippen LogP contribution < -0.4 is 0 Å². The van der Waals surface area contributed by atoms with Gasteiger partial charge in [0.2, 0.25) is 0 Å². The average Bonchev–Trinajstić information content (AvgIpc) is 2.71. The molecule has 1 heterocycles. The van der Waals surface area contributed by atoms with Crippen molar-refractivity contribution in [2.24, 2.45) is 0 Å². The van der Waals surface area contributed by atoms with Gasteiger partial charge in [-0.25, -0.2) is 0 Å². The topological polar surface area (TPSA) is 44.8 Å². The lowest BCUT2D eigenvalue weighted by Gasteiger charge is -2.40. The first-order valence-electron chi connectivity index (χ1n) is 10.7. The molecule has 0 spiro atoms. The van der Waals surface area contributed by atoms with Gasteiger partial charge in [0.15, 0.2) is 14.6 Å². The molecule has 0 fully saturated rings. The summed E-state index contributed by atoms with van der Waals surface area (Å²) in [5, 5.41) is 0.0861. The molecule has 0 radical (unpaired) electrons. The molecule has 2 rings (SSSR count). The summed E-state index contributed by atoms with van der Waals surface area (Å²) in [5.41, 5.74) is 2.41. The van der Waals surface area contributed by atoms with Crippen molar-refractivity contribution in [3.63, 3.8) is 0 Å². The van der Waals surface area contributed by atoms with E-state index in [1.54, 1.807) is 0 Å². The number of ether oxygens (including phenoxy) is 2. The van der Waals surface area contributed by atoms with Crippen LogP contribution in [0.15, 0.2) is 42.0 Å². The Labute approximate surface area is 177 Å². The number of rotatable bonds is 7. The van der Waals surface area contributed by atoms with Gasteiger partial charge in [-0.3, -0.25) is 0 Å². The third kappa shape index (κ3) is 7.48. The zero-order valence-electron chi connectivity index (χ0n) is 18.9. The quantitative estimate of drug-likeness (QED) is 0.325. The number of hydrogen-bond donors (Lipinski definition) is 0. The average molecular weight is 419 g/mol. The predicted octanol–water partition coefficient (Wildman–Crippen LogP) is 5.68. The van der Waals surface area contributed by atoms with Crippen LogP contribution in [0.25, 0.3) is 0 Å². The van der Waals surface area contributed by atoms with E-state index in [0.29, 0.717) is 13.2 Å². The molecule has 0 aliphatic carbocycles. The molecule has 0 unspecified atom stereocenters. The highest BCUT2D eigenvalue weighted by molar-refractivity contribution is 6.74. The summed E-state index contributed by atoms with van der Waals surface area (Å²) in [7, 11) is -2.00. The summed E-state index contributed by atoms with van der Waals surface area (Å²) in [6.07, 6.45) is 4.70. The number of aldehydes is 1. The lowest BCUT2D eigenvalue weighted by atomic mass is 10.1. The van der Waals surface area contributed by atoms with Gasteiger partial charge in [0.05, 0.1) is 25.4 Å². The van der Waals surface area contributed by atoms with Crippen molar-refractivity contribution in [1.29, 1.82) is 0 Å². The molecule has 1 aromatic rings. The van der Waals surface area contributed by atoms with E-state index in [1.165, 1.54) is 5.57 Å². The van der Waals surface area contributed by atoms with Crippen LogP contribution in [-0.2, 0) is 25.3 Å². The molecule has 1 aliphatic rings. The SMILES string of the molecule is C/C1=C/CC[C@@H](O[Si](C)(C)C(C)(C)C)[C@@H](C=O)O[C@@H](COCc2ccccc2)C1. The summed E-state index contributed by atoms with van der Waals surface area (Å²) in [5.74, 6) is 0. The minimum Gasteiger partial charge on any atom is -0.411 e. The molecule has 0 saturated carbocycles. The first-order chi connectivity index (χ1) is 13.6. The van der Waals surface area contributed by atoms with Gasteiger partial charge < -0.3 is 18.7 Å². The predicted molar refractivity (Wildman–Crippen MR) is 121 cm³/mol. The molecule has 3 atom stereocenters. The van der Waals surface area contributed by atoms with E-state index >= 15 is 0 Å². The molecule has 29 heavy (non-hydrogen) atoms. The van der Waals surface area contributed by atoms with Crippen LogP contribution in [0.4, 0.5) is 0 Å². The van der Waals surface area contributed by atoms with Crippen molar-refractivity contribution in [1.82, 2.24) is 0 Å². The minimum atomic E-state index is -2.00. The molecule has 5 heteroatoms. The first-order valence-corrected chi connectivity index (χ1v) is 13.6. The van der Waals surface area contributed by atoms with E-state index in [0.717, 1.165) is 31.1 Å². The van der Waals surface area contributed by atoms with Crippen molar-refractivity contribution in [3.8, 4) is 0 Å². The lowest BCUT2D eigenvalue weighted by molar-refractivity contribution is -0.136. The highest BCUT2D eigenvalue weighted by atomic mass is 28.4. The monoisotopic (exact) mass is 418 g/mol. The zero-order chi connectivity index (χ0) is 21.5. The number of hydrogen-bond acceptors (Lipinski definition) is 4. The third-order valence-electron chi connectivity index (χ3n) is 6.01. The fourth-order valence-corrected chi connectivity index (χ4v) is 4.60. The van der Waals surface area contributed by atoms with E-state index in [4.69, 9.17) is 13.9 Å². The van der Waals surface area contributed by atoms with Gasteiger partial charge in [-0.15, -0.1) is 0 Å². The maximum atomic E-state index is 12.0. The molecule has 4 nitrogen and oxygen atoms in total. The molecule has 1 aromatic carbocycles. The fourth-order valence-electron chi connectivity index (χ4n) is 3.24. The van der Waals surface area contributed by atoms with Crippen molar-refractivity contribution in [2.45, 2.75) is 90.0 Å². The van der Waals surface area contributed by atoms with Crippen LogP contribution in [0, 0.1) is 0 Å². The van der Waals surface area contributed by atoms with Crippen LogP contribution in [0.1, 0.15) is 52.5 Å². The van der Waals surface area contributed by atoms with Crippen molar-refractivity contribution in [2.75, 3.05) is 6.61 Å². The van der Waals surface area contributed by atoms with Gasteiger partial charge in [-0.05, 0) is 49.9 Å². The van der Waals surface area contributed by atoms with Crippen LogP contribution in [0.3, 0.4) is 0 Å². The normalized spacial score (nSPS) is 26.0. The van der Waals surface area contributed by atoms with Crippen LogP contribution >= 0.6 is 0 Å². The standard InChI is InChI=1S/C24H38O4Si/c1-19-11-10-14-22(28-29(5,6)24(2,3)4)23(16-25)27-21(15-19)18-26-17-20-12-8-7-9-13-20/h7-9,11-13,16,21-23H,10,14-15,17-18H2,1-6H3/b19-11-/t21-,22-,23-/m1/s1. The number of allylic oxidation sites excluding steroid dienone is 1. The third-order valence-corrected chi connectivity index (χ3v) is 10.5. The first kappa shape index (κ1) is 24.0. The zero-order valence-corrected chi connectivity index (χ0v) is 19.9. The van der Waals surface area contributed by atoms with Gasteiger partial charge in [0.25, 0.3) is 0 Å². The Morgan fingerprint density at radius 2 is 1.90 bits per heavy atom. The van der Waals surface area contributed by atoms with Crippen LogP contribution in [0.5, 0.6) is 0 Å². The Kier molecular flexibility index (Phi) is 8.83. The van der Waals surface area contributed by atoms with E-state index in [2.05, 4.69) is 46.9 Å². The largest absolute Gasteiger partial charge is 0.411 e. The smallest absolute Gasteiger partial charge is 0.192 e. The second-order valence-electron chi connectivity index (χ2n) is 9.61. The number of benzene rings is 1. The van der Waals surface area contributed by atoms with Gasteiger partial charge in [0.1, 0.15) is 6.10 Å². The van der Waals surface area contributed by atoms with Crippen LogP contribution in [-0.4, -0.2) is 39.5 Å². The van der Waals surface area contributed by atoms with E-state index in [9.17, 15) is 4.79 Å². The molecule has 0 aromatic heterocycles. The molecular formula is C24H38O4Si. The van der Waals surface area contributed by atoms with Crippen LogP contribution in [0.2, 0.25) is 18.1 Å². The maximum Gasteiger partial charge on any atom is 0.192 e. The summed E-state index contributed by atoms with van der Waals surface area (Å²) < 4.78 is 18.8. The maximum absolute atomic E-state index is 12.0. The molecule has 162 valence electrons. The van der Waals surface area contributed by atoms with Crippen molar-refractivity contribution >= 4 is 14.6 Å². The van der Waals surface area contributed by atoms with Gasteiger partial charge >= 0.3 is 0 Å². The summed E-state index contributed by atoms with van der Waals surface area (Å²) in [6, 6.07) is 10.1. The summed E-state index contributed by atoms with van der Waals surface area (Å²) in [6.45, 7) is 14.2. The van der Waals surface area contributed by atoms with Crippen molar-refractivity contribution in [3.05, 3.63) is 47.5 Å². The fraction of sp³-hybridized carbons (Fsp3) is 0.625. The highest BCUT2D eigenvalue weighted by Crippen LogP contribution is 2.38. The van der Waals surface area contributed by atoms with Gasteiger partial charge in [0, 0.05) is 0 Å². The van der Waals surface area contributed by atoms with E-state index < -0.39 is 14.4 Å². The van der Waals surface area contributed by atoms with Crippen molar-refractivity contribution < 1.29 is 18.7 Å². The molecule has 0 amide bonds. The summed E-state index contributed by atoms with van der Waals surface area (Å²) in [4.78, 5) is 12.0. The van der Waals surface area contributed by atoms with E-state index in [-0.39, 0.29) is 17.2 Å². The molecule has 1 aliphatic heterocycles. The Bertz CT molecular complexity index is 663. The van der Waals surface area contributed by atoms with Gasteiger partial charge in [-0.2, -0.15) is 0 Å². The Hall–Kier alpha value is -1.27. The second-order valence-corrected chi connectivity index (χ2v) is 14.4. The highest BCUT2D eigenvalue weighted by Gasteiger charge is 2.41. The Morgan fingerprint density at radius 1 is 1.21 bits per heavy atom. The Morgan fingerprint density at radius 3 is 2.52 bits per heavy atom.